The van der Waals surface area contributed by atoms with Crippen molar-refractivity contribution in [3.05, 3.63) is 95.8 Å². The van der Waals surface area contributed by atoms with Crippen molar-refractivity contribution in [3.63, 3.8) is 0 Å². The topological polar surface area (TPSA) is 85.2 Å². The van der Waals surface area contributed by atoms with Gasteiger partial charge in [0.15, 0.2) is 5.69 Å². The normalized spacial score (nSPS) is 13.4. The number of piperazine rings is 1. The number of nitrogens with one attached hydrogen (secondary N) is 2. The van der Waals surface area contributed by atoms with Crippen molar-refractivity contribution in [1.29, 1.82) is 0 Å². The maximum atomic E-state index is 12.8. The van der Waals surface area contributed by atoms with Gasteiger partial charge >= 0.3 is 5.16 Å². The third kappa shape index (κ3) is 6.12. The molecule has 0 radical (unpaired) electrons. The van der Waals surface area contributed by atoms with Gasteiger partial charge in [0.1, 0.15) is 0 Å². The Balaban J connectivity index is 1.11. The van der Waals surface area contributed by atoms with Gasteiger partial charge < -0.3 is 15.1 Å². The summed E-state index contributed by atoms with van der Waals surface area (Å²) in [6.07, 6.45) is 1.61. The average molecular weight is 534 g/mol. The molecule has 0 unspecified atom stereocenters. The van der Waals surface area contributed by atoms with Crippen molar-refractivity contribution in [2.24, 2.45) is 0 Å². The highest BCUT2D eigenvalue weighted by Gasteiger charge is 2.23. The lowest BCUT2D eigenvalue weighted by Crippen LogP contribution is -2.48. The molecule has 2 N–H and O–H groups in total. The van der Waals surface area contributed by atoms with Gasteiger partial charge in [-0.2, -0.15) is 5.10 Å². The van der Waals surface area contributed by atoms with Crippen molar-refractivity contribution in [2.75, 3.05) is 42.1 Å². The number of nitrogens with zero attached hydrogens (tertiary/aromatic N) is 4. The van der Waals surface area contributed by atoms with E-state index in [2.05, 4.69) is 20.3 Å². The largest absolute Gasteiger partial charge is 0.385 e. The Morgan fingerprint density at radius 3 is 2.46 bits per heavy atom. The van der Waals surface area contributed by atoms with E-state index >= 15 is 0 Å². The van der Waals surface area contributed by atoms with Crippen LogP contribution in [-0.2, 0) is 4.79 Å². The summed E-state index contributed by atoms with van der Waals surface area (Å²) in [5.41, 5.74) is 3.36. The van der Waals surface area contributed by atoms with Crippen LogP contribution in [0.4, 0.5) is 11.4 Å². The smallest absolute Gasteiger partial charge is 0.368 e. The number of benzene rings is 3. The predicted octanol–water partition coefficient (Wildman–Crippen LogP) is 4.03. The lowest BCUT2D eigenvalue weighted by Gasteiger charge is -2.36. The molecule has 0 bridgehead atoms. The highest BCUT2D eigenvalue weighted by Crippen LogP contribution is 2.21. The molecular formula is C27H26ClN6O2S+. The Labute approximate surface area is 224 Å². The number of carbonyl (C=O) groups is 2. The number of aromatic nitrogens is 3. The number of carbonyl (C=O) groups excluding carboxylic acids is 2. The molecule has 4 aromatic rings. The van der Waals surface area contributed by atoms with Crippen molar-refractivity contribution in [3.8, 4) is 5.69 Å². The van der Waals surface area contributed by atoms with Crippen LogP contribution in [0.2, 0.25) is 5.02 Å². The van der Waals surface area contributed by atoms with Gasteiger partial charge in [-0.3, -0.25) is 9.59 Å². The number of H-pyrrole nitrogens is 1. The Bertz CT molecular complexity index is 1370. The molecule has 8 nitrogen and oxygen atoms in total. The molecule has 0 spiro atoms. The maximum Gasteiger partial charge on any atom is 0.385 e. The Morgan fingerprint density at radius 1 is 0.973 bits per heavy atom. The lowest BCUT2D eigenvalue weighted by molar-refractivity contribution is -0.694. The summed E-state index contributed by atoms with van der Waals surface area (Å²) in [6, 6.07) is 24.7. The molecule has 37 heavy (non-hydrogen) atoms. The minimum Gasteiger partial charge on any atom is -0.368 e. The summed E-state index contributed by atoms with van der Waals surface area (Å²) < 4.78 is 1.84. The Hall–Kier alpha value is -3.82. The van der Waals surface area contributed by atoms with Gasteiger partial charge in [-0.25, -0.2) is 0 Å². The first-order valence-electron chi connectivity index (χ1n) is 11.9. The van der Waals surface area contributed by atoms with Crippen molar-refractivity contribution < 1.29 is 14.3 Å². The van der Waals surface area contributed by atoms with Gasteiger partial charge in [0, 0.05) is 48.1 Å². The van der Waals surface area contributed by atoms with E-state index in [1.165, 1.54) is 11.8 Å². The second-order valence-corrected chi connectivity index (χ2v) is 9.89. The van der Waals surface area contributed by atoms with Crippen molar-refractivity contribution in [1.82, 2.24) is 15.0 Å². The molecule has 0 aliphatic carbocycles. The standard InChI is InChI=1S/C27H25ClN6O2S/c28-21-6-4-5-20(17-21)26(36)33-15-13-32(14-16-33)23-11-9-22(10-12-23)31-25(35)18-37-27-29-19-30-34(27)24-7-2-1-3-8-24/h1-12,17,19H,13-16,18H2,(H,31,35)/p+1. The molecule has 1 aromatic heterocycles. The van der Waals surface area contributed by atoms with Gasteiger partial charge in [-0.15, -0.1) is 4.68 Å². The fourth-order valence-corrected chi connectivity index (χ4v) is 5.11. The third-order valence-corrected chi connectivity index (χ3v) is 7.24. The van der Waals surface area contributed by atoms with Gasteiger partial charge in [0.2, 0.25) is 12.2 Å². The molecule has 0 atom stereocenters. The zero-order valence-electron chi connectivity index (χ0n) is 20.0. The number of hydrogen-bond acceptors (Lipinski definition) is 5. The van der Waals surface area contributed by atoms with E-state index in [1.54, 1.807) is 30.6 Å². The highest BCUT2D eigenvalue weighted by molar-refractivity contribution is 7.99. The highest BCUT2D eigenvalue weighted by atomic mass is 35.5. The van der Waals surface area contributed by atoms with Crippen LogP contribution in [0.5, 0.6) is 0 Å². The molecule has 1 aliphatic rings. The first-order valence-corrected chi connectivity index (χ1v) is 13.3. The van der Waals surface area contributed by atoms with Crippen molar-refractivity contribution >= 4 is 46.6 Å². The number of hydrogen-bond donors (Lipinski definition) is 2. The van der Waals surface area contributed by atoms with E-state index in [4.69, 9.17) is 11.6 Å². The molecule has 3 aromatic carbocycles. The number of aromatic amines is 1. The predicted molar refractivity (Wildman–Crippen MR) is 145 cm³/mol. The minimum absolute atomic E-state index is 0.00204. The van der Waals surface area contributed by atoms with Crippen LogP contribution in [-0.4, -0.2) is 58.7 Å². The van der Waals surface area contributed by atoms with Gasteiger partial charge in [0.05, 0.1) is 5.75 Å². The first kappa shape index (κ1) is 24.9. The molecule has 188 valence electrons. The molecular weight excluding hydrogens is 508 g/mol. The number of rotatable bonds is 7. The SMILES string of the molecule is O=C(CSc1nc[nH][n+]1-c1ccccc1)Nc1ccc(N2CCN(C(=O)c3cccc(Cl)c3)CC2)cc1. The quantitative estimate of drug-likeness (QED) is 0.277. The Kier molecular flexibility index (Phi) is 7.72. The summed E-state index contributed by atoms with van der Waals surface area (Å²) in [4.78, 5) is 33.7. The van der Waals surface area contributed by atoms with E-state index in [0.29, 0.717) is 28.8 Å². The third-order valence-electron chi connectivity index (χ3n) is 6.05. The first-order chi connectivity index (χ1) is 18.1. The molecule has 2 heterocycles. The molecule has 2 amide bonds. The van der Waals surface area contributed by atoms with Crippen molar-refractivity contribution in [2.45, 2.75) is 5.16 Å². The van der Waals surface area contributed by atoms with Gasteiger partial charge in [0.25, 0.3) is 5.91 Å². The fourth-order valence-electron chi connectivity index (χ4n) is 4.17. The molecule has 1 saturated heterocycles. The zero-order chi connectivity index (χ0) is 25.6. The minimum atomic E-state index is -0.103. The number of para-hydroxylation sites is 1. The molecule has 5 rings (SSSR count). The average Bonchev–Trinajstić information content (AvgIpc) is 3.41. The number of amides is 2. The second-order valence-electron chi connectivity index (χ2n) is 8.51. The number of halogens is 1. The second kappa shape index (κ2) is 11.5. The summed E-state index contributed by atoms with van der Waals surface area (Å²) in [7, 11) is 0. The zero-order valence-corrected chi connectivity index (χ0v) is 21.6. The molecule has 10 heteroatoms. The number of anilines is 2. The van der Waals surface area contributed by atoms with Crippen LogP contribution >= 0.6 is 23.4 Å². The van der Waals surface area contributed by atoms with E-state index in [1.807, 2.05) is 64.2 Å². The number of thioether (sulfide) groups is 1. The van der Waals surface area contributed by atoms with Crippen LogP contribution in [0.25, 0.3) is 5.69 Å². The van der Waals surface area contributed by atoms with E-state index < -0.39 is 0 Å². The summed E-state index contributed by atoms with van der Waals surface area (Å²) in [5.74, 6) is 0.137. The van der Waals surface area contributed by atoms with Crippen LogP contribution in [0.1, 0.15) is 10.4 Å². The summed E-state index contributed by atoms with van der Waals surface area (Å²) >= 11 is 7.40. The summed E-state index contributed by atoms with van der Waals surface area (Å²) in [6.45, 7) is 2.74. The lowest BCUT2D eigenvalue weighted by atomic mass is 10.1. The monoisotopic (exact) mass is 533 g/mol. The maximum absolute atomic E-state index is 12.8. The van der Waals surface area contributed by atoms with Crippen LogP contribution < -0.4 is 14.9 Å². The van der Waals surface area contributed by atoms with Crippen LogP contribution in [0.3, 0.4) is 0 Å². The molecule has 0 saturated carbocycles. The van der Waals surface area contributed by atoms with E-state index in [9.17, 15) is 9.59 Å². The molecule has 1 fully saturated rings. The van der Waals surface area contributed by atoms with E-state index in [-0.39, 0.29) is 17.6 Å². The molecule has 1 aliphatic heterocycles. The Morgan fingerprint density at radius 2 is 1.73 bits per heavy atom. The van der Waals surface area contributed by atoms with Crippen LogP contribution in [0, 0.1) is 0 Å². The van der Waals surface area contributed by atoms with Gasteiger partial charge in [-0.1, -0.05) is 35.9 Å². The van der Waals surface area contributed by atoms with E-state index in [0.717, 1.165) is 30.2 Å². The fraction of sp³-hybridized carbons (Fsp3) is 0.185. The van der Waals surface area contributed by atoms with Crippen LogP contribution in [0.15, 0.2) is 90.3 Å². The summed E-state index contributed by atoms with van der Waals surface area (Å²) in [5, 5.41) is 7.30. The van der Waals surface area contributed by atoms with Gasteiger partial charge in [-0.05, 0) is 71.3 Å².